The van der Waals surface area contributed by atoms with Crippen molar-refractivity contribution in [3.8, 4) is 17.6 Å². The number of amides is 1. The molecule has 0 saturated heterocycles. The number of nitriles is 1. The maximum atomic E-state index is 12.1. The van der Waals surface area contributed by atoms with E-state index >= 15 is 0 Å². The second-order valence-electron chi connectivity index (χ2n) is 5.41. The number of alkyl carbamates (subject to hydrolysis) is 1. The molecule has 0 fully saturated rings. The molecule has 0 aliphatic rings. The van der Waals surface area contributed by atoms with Gasteiger partial charge in [-0.2, -0.15) is 17.0 Å². The van der Waals surface area contributed by atoms with Crippen LogP contribution in [-0.4, -0.2) is 55.9 Å². The number of nitro benzene ring substituents is 1. The molecule has 0 unspecified atom stereocenters. The molecular formula is C17H21N3O8S. The van der Waals surface area contributed by atoms with E-state index in [0.717, 1.165) is 6.07 Å². The molecule has 1 N–H and O–H groups in total. The molecule has 11 nitrogen and oxygen atoms in total. The lowest BCUT2D eigenvalue weighted by molar-refractivity contribution is -0.385. The van der Waals surface area contributed by atoms with Gasteiger partial charge in [0.25, 0.3) is 5.69 Å². The lowest BCUT2D eigenvalue weighted by Crippen LogP contribution is -2.42. The van der Waals surface area contributed by atoms with Crippen molar-refractivity contribution in [2.24, 2.45) is 0 Å². The molecule has 0 aliphatic heterocycles. The van der Waals surface area contributed by atoms with Gasteiger partial charge in [-0.25, -0.2) is 9.59 Å². The van der Waals surface area contributed by atoms with Gasteiger partial charge in [0, 0.05) is 0 Å². The van der Waals surface area contributed by atoms with Crippen LogP contribution < -0.4 is 14.8 Å². The summed E-state index contributed by atoms with van der Waals surface area (Å²) in [4.78, 5) is 34.7. The van der Waals surface area contributed by atoms with Gasteiger partial charge >= 0.3 is 12.1 Å². The minimum Gasteiger partial charge on any atom is -0.493 e. The molecule has 0 saturated carbocycles. The van der Waals surface area contributed by atoms with Crippen molar-refractivity contribution in [3.63, 3.8) is 0 Å². The fraction of sp³-hybridized carbons (Fsp3) is 0.471. The molecule has 0 radical (unpaired) electrons. The quantitative estimate of drug-likeness (QED) is 0.315. The number of hydrogen-bond acceptors (Lipinski definition) is 10. The molecule has 0 heterocycles. The number of rotatable bonds is 11. The first-order valence-corrected chi connectivity index (χ1v) is 9.62. The van der Waals surface area contributed by atoms with Crippen LogP contribution in [0.2, 0.25) is 0 Å². The molecule has 12 heteroatoms. The number of nitrogens with zero attached hydrogens (tertiary/aromatic N) is 2. The summed E-state index contributed by atoms with van der Waals surface area (Å²) >= 11 is 1.46. The van der Waals surface area contributed by atoms with Crippen LogP contribution >= 0.6 is 11.8 Å². The monoisotopic (exact) mass is 427 g/mol. The summed E-state index contributed by atoms with van der Waals surface area (Å²) in [6, 6.07) is 3.15. The van der Waals surface area contributed by atoms with E-state index in [0.29, 0.717) is 5.75 Å². The molecular weight excluding hydrogens is 406 g/mol. The maximum Gasteiger partial charge on any atom is 0.408 e. The first-order valence-electron chi connectivity index (χ1n) is 8.23. The highest BCUT2D eigenvalue weighted by Crippen LogP contribution is 2.34. The Morgan fingerprint density at radius 1 is 1.28 bits per heavy atom. The van der Waals surface area contributed by atoms with Crippen LogP contribution in [0.3, 0.4) is 0 Å². The molecule has 1 aromatic rings. The third kappa shape index (κ3) is 7.38. The molecule has 1 amide bonds. The molecule has 1 aromatic carbocycles. The average molecular weight is 427 g/mol. The second-order valence-corrected chi connectivity index (χ2v) is 6.40. The second kappa shape index (κ2) is 12.3. The minimum atomic E-state index is -1.01. The van der Waals surface area contributed by atoms with Gasteiger partial charge in [-0.15, -0.1) is 0 Å². The van der Waals surface area contributed by atoms with Crippen molar-refractivity contribution in [2.45, 2.75) is 19.1 Å². The topological polar surface area (TPSA) is 150 Å². The molecule has 0 bridgehead atoms. The normalized spacial score (nSPS) is 11.0. The van der Waals surface area contributed by atoms with Crippen molar-refractivity contribution < 1.29 is 33.5 Å². The largest absolute Gasteiger partial charge is 0.493 e. The number of carbonyl (C=O) groups excluding carboxylic acids is 2. The number of thioether (sulfide) groups is 1. The van der Waals surface area contributed by atoms with Gasteiger partial charge in [0.1, 0.15) is 18.7 Å². The van der Waals surface area contributed by atoms with Gasteiger partial charge in [-0.05, 0) is 24.5 Å². The van der Waals surface area contributed by atoms with Crippen LogP contribution in [0.1, 0.15) is 12.0 Å². The molecule has 1 rings (SSSR count). The van der Waals surface area contributed by atoms with Crippen molar-refractivity contribution in [1.29, 1.82) is 5.26 Å². The zero-order chi connectivity index (χ0) is 21.8. The molecule has 0 aliphatic carbocycles. The van der Waals surface area contributed by atoms with Gasteiger partial charge in [0.05, 0.1) is 30.8 Å². The Hall–Kier alpha value is -3.20. The highest BCUT2D eigenvalue weighted by Gasteiger charge is 2.24. The van der Waals surface area contributed by atoms with E-state index in [1.165, 1.54) is 32.0 Å². The van der Waals surface area contributed by atoms with Gasteiger partial charge in [0.15, 0.2) is 18.1 Å². The van der Waals surface area contributed by atoms with E-state index in [4.69, 9.17) is 24.2 Å². The maximum absolute atomic E-state index is 12.1. The highest BCUT2D eigenvalue weighted by atomic mass is 32.2. The Morgan fingerprint density at radius 3 is 2.48 bits per heavy atom. The van der Waals surface area contributed by atoms with E-state index in [1.54, 1.807) is 6.07 Å². The van der Waals surface area contributed by atoms with Crippen molar-refractivity contribution in [2.75, 3.05) is 32.8 Å². The van der Waals surface area contributed by atoms with Crippen LogP contribution in [0.25, 0.3) is 0 Å². The molecule has 158 valence electrons. The van der Waals surface area contributed by atoms with E-state index in [1.807, 2.05) is 6.26 Å². The van der Waals surface area contributed by atoms with Crippen LogP contribution in [0, 0.1) is 21.4 Å². The minimum absolute atomic E-state index is 0.0792. The number of nitrogens with one attached hydrogen (secondary N) is 1. The van der Waals surface area contributed by atoms with E-state index in [9.17, 15) is 19.7 Å². The summed E-state index contributed by atoms with van der Waals surface area (Å²) in [5.41, 5.74) is -0.238. The summed E-state index contributed by atoms with van der Waals surface area (Å²) in [5, 5.41) is 22.1. The lowest BCUT2D eigenvalue weighted by atomic mass is 10.1. The zero-order valence-corrected chi connectivity index (χ0v) is 16.9. The number of nitro groups is 1. The Bertz CT molecular complexity index is 781. The van der Waals surface area contributed by atoms with Crippen molar-refractivity contribution >= 4 is 29.5 Å². The first kappa shape index (κ1) is 23.8. The molecule has 1 atom stereocenters. The summed E-state index contributed by atoms with van der Waals surface area (Å²) in [6.45, 7) is -0.881. The Kier molecular flexibility index (Phi) is 10.1. The van der Waals surface area contributed by atoms with Crippen molar-refractivity contribution in [1.82, 2.24) is 5.32 Å². The Morgan fingerprint density at radius 2 is 1.93 bits per heavy atom. The standard InChI is InChI=1S/C17H21N3O8S/c1-25-14-8-11(13(20(23)24)9-15(14)26-2)10-28-17(22)19-12(4-7-29-3)16(21)27-6-5-18/h8-9,12H,4,6-7,10H2,1-3H3,(H,19,22)/t12-/m1/s1. The summed E-state index contributed by atoms with van der Waals surface area (Å²) in [5.74, 6) is 0.169. The van der Waals surface area contributed by atoms with Crippen LogP contribution in [0.4, 0.5) is 10.5 Å². The van der Waals surface area contributed by atoms with Gasteiger partial charge in [-0.1, -0.05) is 0 Å². The van der Waals surface area contributed by atoms with E-state index in [2.05, 4.69) is 5.32 Å². The smallest absolute Gasteiger partial charge is 0.408 e. The van der Waals surface area contributed by atoms with Crippen molar-refractivity contribution in [3.05, 3.63) is 27.8 Å². The van der Waals surface area contributed by atoms with Gasteiger partial charge in [0.2, 0.25) is 0 Å². The molecule has 29 heavy (non-hydrogen) atoms. The van der Waals surface area contributed by atoms with E-state index in [-0.39, 0.29) is 29.2 Å². The van der Waals surface area contributed by atoms with Gasteiger partial charge in [-0.3, -0.25) is 10.1 Å². The third-order valence-corrected chi connectivity index (χ3v) is 4.25. The average Bonchev–Trinajstić information content (AvgIpc) is 2.72. The molecule has 0 spiro atoms. The number of benzene rings is 1. The zero-order valence-electron chi connectivity index (χ0n) is 16.1. The summed E-state index contributed by atoms with van der Waals surface area (Å²) in [7, 11) is 2.70. The molecule has 0 aromatic heterocycles. The predicted molar refractivity (Wildman–Crippen MR) is 103 cm³/mol. The highest BCUT2D eigenvalue weighted by molar-refractivity contribution is 7.98. The third-order valence-electron chi connectivity index (χ3n) is 3.61. The van der Waals surface area contributed by atoms with Crippen LogP contribution in [0.15, 0.2) is 12.1 Å². The first-order chi connectivity index (χ1) is 13.9. The number of methoxy groups -OCH3 is 2. The number of esters is 1. The van der Waals surface area contributed by atoms with Gasteiger partial charge < -0.3 is 24.3 Å². The Labute approximate surface area is 171 Å². The summed E-state index contributed by atoms with van der Waals surface area (Å²) < 4.78 is 19.9. The predicted octanol–water partition coefficient (Wildman–Crippen LogP) is 2.03. The fourth-order valence-corrected chi connectivity index (χ4v) is 2.68. The lowest BCUT2D eigenvalue weighted by Gasteiger charge is -2.16. The van der Waals surface area contributed by atoms with Crippen LogP contribution in [-0.2, 0) is 20.9 Å². The number of ether oxygens (including phenoxy) is 4. The summed E-state index contributed by atoms with van der Waals surface area (Å²) in [6.07, 6.45) is 1.12. The van der Waals surface area contributed by atoms with E-state index < -0.39 is 36.2 Å². The number of carbonyl (C=O) groups is 2. The fourth-order valence-electron chi connectivity index (χ4n) is 2.21. The van der Waals surface area contributed by atoms with Crippen LogP contribution in [0.5, 0.6) is 11.5 Å². The number of hydrogen-bond donors (Lipinski definition) is 1. The Balaban J connectivity index is 2.87. The SMILES string of the molecule is COc1cc(COC(=O)N[C@H](CCSC)C(=O)OCC#N)c([N+](=O)[O-])cc1OC.